The Morgan fingerprint density at radius 3 is 2.21 bits per heavy atom. The van der Waals surface area contributed by atoms with E-state index in [9.17, 15) is 14.4 Å². The van der Waals surface area contributed by atoms with Gasteiger partial charge in [0.25, 0.3) is 11.8 Å². The number of amides is 2. The Labute approximate surface area is 136 Å². The zero-order valence-electron chi connectivity index (χ0n) is 12.3. The summed E-state index contributed by atoms with van der Waals surface area (Å²) in [6, 6.07) is 14.0. The minimum Gasteiger partial charge on any atom is -0.478 e. The van der Waals surface area contributed by atoms with E-state index in [-0.39, 0.29) is 29.0 Å². The third-order valence-electron chi connectivity index (χ3n) is 3.33. The highest BCUT2D eigenvalue weighted by molar-refractivity contribution is 6.21. The molecule has 118 valence electrons. The maximum Gasteiger partial charge on any atom is 0.367 e. The highest BCUT2D eigenvalue weighted by Crippen LogP contribution is 2.25. The molecule has 0 N–H and O–H groups in total. The second-order valence-corrected chi connectivity index (χ2v) is 4.77. The van der Waals surface area contributed by atoms with Gasteiger partial charge in [-0.1, -0.05) is 29.3 Å². The van der Waals surface area contributed by atoms with Gasteiger partial charge in [0.05, 0.1) is 11.1 Å². The van der Waals surface area contributed by atoms with Crippen LogP contribution in [0.3, 0.4) is 0 Å². The Morgan fingerprint density at radius 1 is 1.00 bits per heavy atom. The van der Waals surface area contributed by atoms with Crippen molar-refractivity contribution in [1.29, 1.82) is 5.26 Å². The summed E-state index contributed by atoms with van der Waals surface area (Å²) in [7, 11) is 0. The van der Waals surface area contributed by atoms with Gasteiger partial charge in [-0.05, 0) is 24.3 Å². The molecule has 0 atom stereocenters. The van der Waals surface area contributed by atoms with Gasteiger partial charge in [-0.25, -0.2) is 4.79 Å². The van der Waals surface area contributed by atoms with Crippen LogP contribution < -0.4 is 4.74 Å². The average Bonchev–Trinajstić information content (AvgIpc) is 2.85. The highest BCUT2D eigenvalue weighted by atomic mass is 16.7. The molecule has 2 amide bonds. The van der Waals surface area contributed by atoms with E-state index >= 15 is 0 Å². The van der Waals surface area contributed by atoms with Crippen molar-refractivity contribution in [3.63, 3.8) is 0 Å². The monoisotopic (exact) mass is 322 g/mol. The van der Waals surface area contributed by atoms with Crippen molar-refractivity contribution in [1.82, 2.24) is 5.06 Å². The van der Waals surface area contributed by atoms with Crippen LogP contribution >= 0.6 is 0 Å². The van der Waals surface area contributed by atoms with Crippen molar-refractivity contribution in [2.45, 2.75) is 0 Å². The molecule has 7 nitrogen and oxygen atoms in total. The summed E-state index contributed by atoms with van der Waals surface area (Å²) in [4.78, 5) is 41.6. The number of hydrogen-bond donors (Lipinski definition) is 0. The average molecular weight is 322 g/mol. The normalized spacial score (nSPS) is 12.5. The number of nitriles is 1. The first-order chi connectivity index (χ1) is 11.6. The third kappa shape index (κ3) is 2.57. The second kappa shape index (κ2) is 6.22. The summed E-state index contributed by atoms with van der Waals surface area (Å²) in [5, 5.41) is 8.99. The van der Waals surface area contributed by atoms with Crippen LogP contribution in [-0.2, 0) is 4.84 Å². The van der Waals surface area contributed by atoms with E-state index in [2.05, 4.69) is 0 Å². The molecular formula is C17H10N2O5. The van der Waals surface area contributed by atoms with E-state index in [1.165, 1.54) is 24.3 Å². The van der Waals surface area contributed by atoms with Gasteiger partial charge in [-0.2, -0.15) is 5.26 Å². The number of carbonyl (C=O) groups is 3. The Balaban J connectivity index is 1.83. The fraction of sp³-hybridized carbons (Fsp3) is 0.0588. The lowest BCUT2D eigenvalue weighted by Gasteiger charge is -2.14. The topological polar surface area (TPSA) is 96.7 Å². The Kier molecular flexibility index (Phi) is 3.95. The fourth-order valence-electron chi connectivity index (χ4n) is 2.25. The number of benzene rings is 2. The van der Waals surface area contributed by atoms with E-state index < -0.39 is 17.8 Å². The number of ether oxygens (including phenoxy) is 1. The van der Waals surface area contributed by atoms with E-state index in [0.717, 1.165) is 0 Å². The molecule has 3 rings (SSSR count). The lowest BCUT2D eigenvalue weighted by atomic mass is 10.1. The highest BCUT2D eigenvalue weighted by Gasteiger charge is 2.39. The van der Waals surface area contributed by atoms with Gasteiger partial charge in [-0.3, -0.25) is 9.59 Å². The maximum absolute atomic E-state index is 12.3. The lowest BCUT2D eigenvalue weighted by Crippen LogP contribution is -2.32. The van der Waals surface area contributed by atoms with Gasteiger partial charge < -0.3 is 9.57 Å². The van der Waals surface area contributed by atoms with E-state index in [0.29, 0.717) is 5.06 Å². The first kappa shape index (κ1) is 15.2. The largest absolute Gasteiger partial charge is 0.478 e. The summed E-state index contributed by atoms with van der Waals surface area (Å²) in [6.45, 7) is -0.253. The van der Waals surface area contributed by atoms with Crippen LogP contribution in [0.1, 0.15) is 31.1 Å². The predicted octanol–water partition coefficient (Wildman–Crippen LogP) is 1.96. The molecule has 1 heterocycles. The van der Waals surface area contributed by atoms with Crippen LogP contribution in [0.5, 0.6) is 5.75 Å². The van der Waals surface area contributed by atoms with Gasteiger partial charge in [-0.15, -0.1) is 0 Å². The van der Waals surface area contributed by atoms with E-state index in [1.807, 2.05) is 0 Å². The maximum atomic E-state index is 12.3. The zero-order valence-corrected chi connectivity index (χ0v) is 12.3. The number of rotatable bonds is 4. The summed E-state index contributed by atoms with van der Waals surface area (Å²) in [5.41, 5.74) is 0.345. The molecule has 0 spiro atoms. The van der Waals surface area contributed by atoms with Crippen LogP contribution in [0.25, 0.3) is 0 Å². The van der Waals surface area contributed by atoms with Gasteiger partial charge in [0.2, 0.25) is 0 Å². The van der Waals surface area contributed by atoms with E-state index in [4.69, 9.17) is 14.8 Å². The molecule has 0 bridgehead atoms. The van der Waals surface area contributed by atoms with Gasteiger partial charge in [0, 0.05) is 0 Å². The molecule has 0 radical (unpaired) electrons. The molecule has 0 aromatic heterocycles. The Hall–Kier alpha value is -3.66. The van der Waals surface area contributed by atoms with Crippen molar-refractivity contribution >= 4 is 17.8 Å². The van der Waals surface area contributed by atoms with Crippen LogP contribution in [0, 0.1) is 11.3 Å². The van der Waals surface area contributed by atoms with Gasteiger partial charge in [0.1, 0.15) is 17.4 Å². The SMILES string of the molecule is N#CCOc1ccccc1C(=O)ON1C(=O)c2ccccc2C1=O. The summed E-state index contributed by atoms with van der Waals surface area (Å²) < 4.78 is 5.14. The van der Waals surface area contributed by atoms with Crippen molar-refractivity contribution in [2.24, 2.45) is 0 Å². The number of imide groups is 1. The van der Waals surface area contributed by atoms with Crippen LogP contribution in [-0.4, -0.2) is 29.5 Å². The van der Waals surface area contributed by atoms with Crippen molar-refractivity contribution < 1.29 is 24.0 Å². The Morgan fingerprint density at radius 2 is 1.58 bits per heavy atom. The van der Waals surface area contributed by atoms with Crippen LogP contribution in [0.2, 0.25) is 0 Å². The minimum absolute atomic E-state index is 0.00399. The first-order valence-electron chi connectivity index (χ1n) is 6.92. The number of hydroxylamine groups is 2. The summed E-state index contributed by atoms with van der Waals surface area (Å²) >= 11 is 0. The number of carbonyl (C=O) groups excluding carboxylic acids is 3. The molecule has 0 aliphatic carbocycles. The number of fused-ring (bicyclic) bond motifs is 1. The smallest absolute Gasteiger partial charge is 0.367 e. The quantitative estimate of drug-likeness (QED) is 0.798. The predicted molar refractivity (Wildman–Crippen MR) is 79.9 cm³/mol. The number of nitrogens with zero attached hydrogens (tertiary/aromatic N) is 2. The molecule has 0 saturated heterocycles. The molecule has 0 unspecified atom stereocenters. The molecular weight excluding hydrogens is 312 g/mol. The molecule has 1 aliphatic heterocycles. The summed E-state index contributed by atoms with van der Waals surface area (Å²) in [6.07, 6.45) is 0. The third-order valence-corrected chi connectivity index (χ3v) is 3.33. The molecule has 7 heteroatoms. The minimum atomic E-state index is -0.932. The van der Waals surface area contributed by atoms with Crippen LogP contribution in [0.4, 0.5) is 0 Å². The summed E-state index contributed by atoms with van der Waals surface area (Å²) in [5.74, 6) is -2.22. The number of hydrogen-bond acceptors (Lipinski definition) is 6. The molecule has 2 aromatic carbocycles. The van der Waals surface area contributed by atoms with E-state index in [1.54, 1.807) is 30.3 Å². The molecule has 2 aromatic rings. The zero-order chi connectivity index (χ0) is 17.1. The molecule has 0 fully saturated rings. The standard InChI is InChI=1S/C17H10N2O5/c18-9-10-23-14-8-4-3-7-13(14)17(22)24-19-15(20)11-5-1-2-6-12(11)16(19)21/h1-8H,10H2. The van der Waals surface area contributed by atoms with Crippen molar-refractivity contribution in [2.75, 3.05) is 6.61 Å². The lowest BCUT2D eigenvalue weighted by molar-refractivity contribution is -0.0586. The fourth-order valence-corrected chi connectivity index (χ4v) is 2.25. The van der Waals surface area contributed by atoms with Crippen molar-refractivity contribution in [3.8, 4) is 11.8 Å². The first-order valence-corrected chi connectivity index (χ1v) is 6.92. The van der Waals surface area contributed by atoms with Crippen molar-refractivity contribution in [3.05, 3.63) is 65.2 Å². The van der Waals surface area contributed by atoms with Crippen LogP contribution in [0.15, 0.2) is 48.5 Å². The van der Waals surface area contributed by atoms with Gasteiger partial charge in [0.15, 0.2) is 6.61 Å². The molecule has 24 heavy (non-hydrogen) atoms. The second-order valence-electron chi connectivity index (χ2n) is 4.77. The van der Waals surface area contributed by atoms with Gasteiger partial charge >= 0.3 is 5.97 Å². The number of para-hydroxylation sites is 1. The molecule has 1 aliphatic rings. The molecule has 0 saturated carbocycles. The Bertz CT molecular complexity index is 850.